The first-order valence-corrected chi connectivity index (χ1v) is 14.3. The van der Waals surface area contributed by atoms with Gasteiger partial charge in [-0.25, -0.2) is 0 Å². The van der Waals surface area contributed by atoms with Crippen molar-refractivity contribution in [1.29, 1.82) is 0 Å². The molecular weight excluding hydrogens is 452 g/mol. The van der Waals surface area contributed by atoms with Crippen LogP contribution in [-0.2, 0) is 18.9 Å². The number of methoxy groups -OCH3 is 1. The summed E-state index contributed by atoms with van der Waals surface area (Å²) in [5.41, 5.74) is 3.36. The van der Waals surface area contributed by atoms with Crippen molar-refractivity contribution < 1.29 is 23.7 Å². The van der Waals surface area contributed by atoms with Gasteiger partial charge in [0.25, 0.3) is 0 Å². The average Bonchev–Trinajstić information content (AvgIpc) is 3.24. The molecule has 0 N–H and O–H groups in total. The third-order valence-corrected chi connectivity index (χ3v) is 12.3. The van der Waals surface area contributed by atoms with E-state index in [9.17, 15) is 0 Å². The summed E-state index contributed by atoms with van der Waals surface area (Å²) in [6, 6.07) is 8.82. The van der Waals surface area contributed by atoms with Gasteiger partial charge >= 0.3 is 0 Å². The molecule has 0 radical (unpaired) electrons. The Hall–Kier alpha value is -1.40. The predicted molar refractivity (Wildman–Crippen MR) is 135 cm³/mol. The molecule has 36 heavy (non-hydrogen) atoms. The summed E-state index contributed by atoms with van der Waals surface area (Å²) in [5, 5.41) is 0. The number of ether oxygens (including phenoxy) is 5. The molecular formula is C31H40O5. The predicted octanol–water partition coefficient (Wildman–Crippen LogP) is 5.83. The highest BCUT2D eigenvalue weighted by atomic mass is 16.7. The van der Waals surface area contributed by atoms with Crippen molar-refractivity contribution in [3.63, 3.8) is 0 Å². The van der Waals surface area contributed by atoms with E-state index in [2.05, 4.69) is 44.2 Å². The Morgan fingerprint density at radius 2 is 1.61 bits per heavy atom. The number of fused-ring (bicyclic) bond motifs is 5. The van der Waals surface area contributed by atoms with E-state index in [1.807, 2.05) is 0 Å². The standard InChI is InChI=1S/C31H40O5/c1-27-10-11-30(33-12-13-34-30)19-29(27)17-21(29)16-23-25-8-9-31(35-14-15-36-31)28(25,2)18-24(26(23)27)20-4-6-22(32-3)7-5-20/h4-7,18,21,23,25-26H,8-17,19H2,1-3H3/t21-,23+,25+,26-,27-,28+,29-/m1/s1. The monoisotopic (exact) mass is 492 g/mol. The third-order valence-electron chi connectivity index (χ3n) is 12.3. The van der Waals surface area contributed by atoms with Crippen molar-refractivity contribution in [3.05, 3.63) is 35.9 Å². The molecule has 1 aromatic carbocycles. The van der Waals surface area contributed by atoms with E-state index < -0.39 is 5.79 Å². The number of hydrogen-bond donors (Lipinski definition) is 0. The van der Waals surface area contributed by atoms with Crippen molar-refractivity contribution >= 4 is 5.57 Å². The highest BCUT2D eigenvalue weighted by Crippen LogP contribution is 2.82. The second kappa shape index (κ2) is 7.16. The van der Waals surface area contributed by atoms with Gasteiger partial charge in [-0.3, -0.25) is 0 Å². The van der Waals surface area contributed by atoms with E-state index in [1.165, 1.54) is 36.8 Å². The van der Waals surface area contributed by atoms with Gasteiger partial charge in [0, 0.05) is 24.7 Å². The maximum atomic E-state index is 6.49. The molecule has 4 saturated carbocycles. The molecule has 7 atom stereocenters. The van der Waals surface area contributed by atoms with Crippen LogP contribution in [0, 0.1) is 39.9 Å². The van der Waals surface area contributed by atoms with Crippen LogP contribution in [0.25, 0.3) is 5.57 Å². The van der Waals surface area contributed by atoms with Crippen LogP contribution in [0.1, 0.15) is 64.4 Å². The third kappa shape index (κ3) is 2.61. The number of hydrogen-bond acceptors (Lipinski definition) is 5. The van der Waals surface area contributed by atoms with Crippen LogP contribution in [0.15, 0.2) is 30.3 Å². The van der Waals surface area contributed by atoms with Crippen LogP contribution in [-0.4, -0.2) is 45.1 Å². The van der Waals surface area contributed by atoms with Crippen molar-refractivity contribution in [2.24, 2.45) is 39.9 Å². The lowest BCUT2D eigenvalue weighted by molar-refractivity contribution is -0.235. The van der Waals surface area contributed by atoms with Gasteiger partial charge < -0.3 is 23.7 Å². The van der Waals surface area contributed by atoms with Crippen LogP contribution in [0.2, 0.25) is 0 Å². The smallest absolute Gasteiger partial charge is 0.177 e. The molecule has 0 aromatic heterocycles. The van der Waals surface area contributed by atoms with Gasteiger partial charge in [0.1, 0.15) is 5.75 Å². The Balaban J connectivity index is 1.28. The second-order valence-electron chi connectivity index (χ2n) is 13.3. The van der Waals surface area contributed by atoms with Gasteiger partial charge in [-0.1, -0.05) is 32.1 Å². The topological polar surface area (TPSA) is 46.2 Å². The zero-order valence-electron chi connectivity index (χ0n) is 22.0. The quantitative estimate of drug-likeness (QED) is 0.520. The van der Waals surface area contributed by atoms with E-state index in [0.717, 1.165) is 44.1 Å². The highest BCUT2D eigenvalue weighted by Gasteiger charge is 2.77. The van der Waals surface area contributed by atoms with Crippen LogP contribution < -0.4 is 4.74 Å². The lowest BCUT2D eigenvalue weighted by Gasteiger charge is -2.62. The molecule has 0 bridgehead atoms. The zero-order chi connectivity index (χ0) is 24.4. The fourth-order valence-electron chi connectivity index (χ4n) is 10.6. The first kappa shape index (κ1) is 22.6. The Morgan fingerprint density at radius 3 is 2.33 bits per heavy atom. The van der Waals surface area contributed by atoms with E-state index in [-0.39, 0.29) is 16.6 Å². The van der Waals surface area contributed by atoms with Gasteiger partial charge in [0.2, 0.25) is 0 Å². The molecule has 2 heterocycles. The summed E-state index contributed by atoms with van der Waals surface area (Å²) in [6.07, 6.45) is 10.8. The summed E-state index contributed by atoms with van der Waals surface area (Å²) in [5.74, 6) is 2.73. The van der Waals surface area contributed by atoms with Crippen LogP contribution in [0.4, 0.5) is 0 Å². The summed E-state index contributed by atoms with van der Waals surface area (Å²) < 4.78 is 31.1. The Bertz CT molecular complexity index is 1100. The molecule has 0 unspecified atom stereocenters. The molecule has 194 valence electrons. The minimum Gasteiger partial charge on any atom is -0.497 e. The Kier molecular flexibility index (Phi) is 4.49. The zero-order valence-corrected chi connectivity index (χ0v) is 22.0. The number of rotatable bonds is 2. The molecule has 8 rings (SSSR count). The molecule has 5 nitrogen and oxygen atoms in total. The van der Waals surface area contributed by atoms with Crippen LogP contribution >= 0.6 is 0 Å². The van der Waals surface area contributed by atoms with E-state index in [0.29, 0.717) is 36.4 Å². The van der Waals surface area contributed by atoms with E-state index in [4.69, 9.17) is 23.7 Å². The minimum atomic E-state index is -0.457. The second-order valence-corrected chi connectivity index (χ2v) is 13.3. The number of benzene rings is 1. The van der Waals surface area contributed by atoms with E-state index >= 15 is 0 Å². The summed E-state index contributed by atoms with van der Waals surface area (Å²) >= 11 is 0. The molecule has 2 aliphatic heterocycles. The maximum Gasteiger partial charge on any atom is 0.177 e. The van der Waals surface area contributed by atoms with Crippen molar-refractivity contribution in [1.82, 2.24) is 0 Å². The molecule has 5 heteroatoms. The first-order chi connectivity index (χ1) is 17.4. The van der Waals surface area contributed by atoms with Gasteiger partial charge in [-0.15, -0.1) is 0 Å². The SMILES string of the molecule is COc1ccc(C2=C[C@@]3(C)[C@@H](CCC34OCCO4)[C@@H]3C[C@@H]4C[C@@]45CC4(CC[C@]5(C)[C@@H]23)OCCO4)cc1. The Morgan fingerprint density at radius 1 is 0.889 bits per heavy atom. The normalized spacial score (nSPS) is 47.1. The molecule has 6 fully saturated rings. The average molecular weight is 493 g/mol. The van der Waals surface area contributed by atoms with Gasteiger partial charge in [0.15, 0.2) is 11.6 Å². The molecule has 5 aliphatic carbocycles. The summed E-state index contributed by atoms with van der Waals surface area (Å²) in [7, 11) is 1.75. The molecule has 2 saturated heterocycles. The molecule has 3 spiro atoms. The van der Waals surface area contributed by atoms with Gasteiger partial charge in [-0.05, 0) is 83.5 Å². The lowest BCUT2D eigenvalue weighted by Crippen LogP contribution is -2.58. The largest absolute Gasteiger partial charge is 0.497 e. The number of allylic oxidation sites excluding steroid dienone is 1. The van der Waals surface area contributed by atoms with Crippen molar-refractivity contribution in [3.8, 4) is 5.75 Å². The highest BCUT2D eigenvalue weighted by molar-refractivity contribution is 5.72. The van der Waals surface area contributed by atoms with Crippen LogP contribution in [0.3, 0.4) is 0 Å². The lowest BCUT2D eigenvalue weighted by atomic mass is 9.43. The molecule has 0 amide bonds. The van der Waals surface area contributed by atoms with Gasteiger partial charge in [0.05, 0.1) is 33.5 Å². The van der Waals surface area contributed by atoms with Crippen molar-refractivity contribution in [2.45, 2.75) is 70.4 Å². The molecule has 1 aromatic rings. The minimum absolute atomic E-state index is 0.0985. The Labute approximate surface area is 214 Å². The first-order valence-electron chi connectivity index (χ1n) is 14.3. The van der Waals surface area contributed by atoms with Crippen molar-refractivity contribution in [2.75, 3.05) is 33.5 Å². The van der Waals surface area contributed by atoms with Gasteiger partial charge in [-0.2, -0.15) is 0 Å². The van der Waals surface area contributed by atoms with E-state index in [1.54, 1.807) is 7.11 Å². The summed E-state index contributed by atoms with van der Waals surface area (Å²) in [4.78, 5) is 0. The van der Waals surface area contributed by atoms with Crippen LogP contribution in [0.5, 0.6) is 5.75 Å². The molecule has 7 aliphatic rings. The fraction of sp³-hybridized carbons (Fsp3) is 0.742. The fourth-order valence-corrected chi connectivity index (χ4v) is 10.6. The maximum absolute atomic E-state index is 6.49. The summed E-state index contributed by atoms with van der Waals surface area (Å²) in [6.45, 7) is 8.02.